The Bertz CT molecular complexity index is 458. The van der Waals surface area contributed by atoms with Crippen LogP contribution in [-0.2, 0) is 5.41 Å². The molecule has 1 aromatic heterocycles. The molecule has 4 atom stereocenters. The van der Waals surface area contributed by atoms with Crippen LogP contribution < -0.4 is 5.32 Å². The lowest BCUT2D eigenvalue weighted by atomic mass is 9.97. The maximum absolute atomic E-state index is 4.79. The molecule has 0 aliphatic heterocycles. The summed E-state index contributed by atoms with van der Waals surface area (Å²) in [6.07, 6.45) is 2.68. The van der Waals surface area contributed by atoms with Gasteiger partial charge in [-0.3, -0.25) is 0 Å². The summed E-state index contributed by atoms with van der Waals surface area (Å²) in [5.74, 6) is 1.64. The number of thiazole rings is 1. The summed E-state index contributed by atoms with van der Waals surface area (Å²) < 4.78 is 0. The molecular formula is C17H30N2S. The molecule has 2 nitrogen and oxygen atoms in total. The normalized spacial score (nSPS) is 28.9. The zero-order valence-corrected chi connectivity index (χ0v) is 14.9. The molecule has 20 heavy (non-hydrogen) atoms. The molecule has 1 aliphatic rings. The van der Waals surface area contributed by atoms with Gasteiger partial charge in [-0.2, -0.15) is 0 Å². The average Bonchev–Trinajstić information content (AvgIpc) is 2.86. The Balaban J connectivity index is 2.10. The van der Waals surface area contributed by atoms with Gasteiger partial charge in [-0.05, 0) is 38.5 Å². The van der Waals surface area contributed by atoms with Gasteiger partial charge in [-0.25, -0.2) is 4.98 Å². The van der Waals surface area contributed by atoms with Crippen LogP contribution in [0.2, 0.25) is 0 Å². The first kappa shape index (κ1) is 16.0. The van der Waals surface area contributed by atoms with Crippen LogP contribution in [0.5, 0.6) is 0 Å². The number of hydrogen-bond acceptors (Lipinski definition) is 3. The summed E-state index contributed by atoms with van der Waals surface area (Å²) in [6, 6.07) is 1.08. The standard InChI is InChI=1S/C17H30N2S/c1-10-8-9-14(11(10)2)18-12(3)15-13(4)19-16(20-15)17(5,6)7/h10-12,14,18H,8-9H2,1-7H3. The van der Waals surface area contributed by atoms with Gasteiger partial charge >= 0.3 is 0 Å². The third-order valence-corrected chi connectivity index (χ3v) is 6.56. The molecule has 1 saturated carbocycles. The van der Waals surface area contributed by atoms with E-state index in [9.17, 15) is 0 Å². The van der Waals surface area contributed by atoms with Crippen molar-refractivity contribution < 1.29 is 0 Å². The zero-order valence-electron chi connectivity index (χ0n) is 14.1. The molecule has 4 unspecified atom stereocenters. The molecular weight excluding hydrogens is 264 g/mol. The molecule has 1 aromatic rings. The van der Waals surface area contributed by atoms with E-state index in [0.717, 1.165) is 11.8 Å². The Morgan fingerprint density at radius 1 is 1.25 bits per heavy atom. The van der Waals surface area contributed by atoms with Gasteiger partial charge in [0, 0.05) is 22.4 Å². The van der Waals surface area contributed by atoms with Crippen LogP contribution >= 0.6 is 11.3 Å². The largest absolute Gasteiger partial charge is 0.306 e. The monoisotopic (exact) mass is 294 g/mol. The molecule has 0 saturated heterocycles. The lowest BCUT2D eigenvalue weighted by molar-refractivity contribution is 0.348. The fraction of sp³-hybridized carbons (Fsp3) is 0.824. The summed E-state index contributed by atoms with van der Waals surface area (Å²) >= 11 is 1.89. The highest BCUT2D eigenvalue weighted by atomic mass is 32.1. The summed E-state index contributed by atoms with van der Waals surface area (Å²) in [7, 11) is 0. The second-order valence-electron chi connectivity index (χ2n) is 7.63. The minimum atomic E-state index is 0.155. The molecule has 114 valence electrons. The summed E-state index contributed by atoms with van der Waals surface area (Å²) in [4.78, 5) is 6.21. The first-order valence-electron chi connectivity index (χ1n) is 7.94. The third-order valence-electron chi connectivity index (χ3n) is 4.80. The predicted molar refractivity (Wildman–Crippen MR) is 88.5 cm³/mol. The van der Waals surface area contributed by atoms with Crippen LogP contribution in [-0.4, -0.2) is 11.0 Å². The number of aryl methyl sites for hydroxylation is 1. The lowest BCUT2D eigenvalue weighted by Gasteiger charge is -2.24. The molecule has 0 bridgehead atoms. The third kappa shape index (κ3) is 3.25. The van der Waals surface area contributed by atoms with E-state index in [-0.39, 0.29) is 5.41 Å². The van der Waals surface area contributed by atoms with Crippen molar-refractivity contribution in [2.75, 3.05) is 0 Å². The molecule has 0 radical (unpaired) electrons. The van der Waals surface area contributed by atoms with Crippen molar-refractivity contribution in [1.29, 1.82) is 0 Å². The fourth-order valence-corrected chi connectivity index (χ4v) is 4.26. The van der Waals surface area contributed by atoms with Crippen LogP contribution in [0, 0.1) is 18.8 Å². The van der Waals surface area contributed by atoms with Crippen LogP contribution in [0.25, 0.3) is 0 Å². The second-order valence-corrected chi connectivity index (χ2v) is 8.66. The zero-order chi connectivity index (χ0) is 15.1. The minimum absolute atomic E-state index is 0.155. The molecule has 2 rings (SSSR count). The number of aromatic nitrogens is 1. The molecule has 1 heterocycles. The molecule has 0 aromatic carbocycles. The molecule has 1 N–H and O–H groups in total. The Hall–Kier alpha value is -0.410. The van der Waals surface area contributed by atoms with Crippen LogP contribution in [0.4, 0.5) is 0 Å². The van der Waals surface area contributed by atoms with Crippen molar-refractivity contribution in [2.24, 2.45) is 11.8 Å². The van der Waals surface area contributed by atoms with Crippen molar-refractivity contribution in [1.82, 2.24) is 10.3 Å². The SMILES string of the molecule is Cc1nc(C(C)(C)C)sc1C(C)NC1CCC(C)C1C. The first-order valence-corrected chi connectivity index (χ1v) is 8.75. The highest BCUT2D eigenvalue weighted by molar-refractivity contribution is 7.12. The van der Waals surface area contributed by atoms with Gasteiger partial charge in [0.2, 0.25) is 0 Å². The van der Waals surface area contributed by atoms with Gasteiger partial charge in [-0.1, -0.05) is 34.6 Å². The maximum atomic E-state index is 4.79. The van der Waals surface area contributed by atoms with Gasteiger partial charge in [0.05, 0.1) is 10.7 Å². The van der Waals surface area contributed by atoms with Gasteiger partial charge in [-0.15, -0.1) is 11.3 Å². The quantitative estimate of drug-likeness (QED) is 0.863. The van der Waals surface area contributed by atoms with Gasteiger partial charge in [0.25, 0.3) is 0 Å². The summed E-state index contributed by atoms with van der Waals surface area (Å²) in [5.41, 5.74) is 1.36. The van der Waals surface area contributed by atoms with Crippen molar-refractivity contribution in [3.63, 3.8) is 0 Å². The fourth-order valence-electron chi connectivity index (χ4n) is 3.13. The van der Waals surface area contributed by atoms with E-state index >= 15 is 0 Å². The summed E-state index contributed by atoms with van der Waals surface area (Å²) in [5, 5.41) is 5.11. The van der Waals surface area contributed by atoms with Gasteiger partial charge < -0.3 is 5.32 Å². The molecule has 0 amide bonds. The van der Waals surface area contributed by atoms with Crippen LogP contribution in [0.15, 0.2) is 0 Å². The van der Waals surface area contributed by atoms with Crippen molar-refractivity contribution in [3.05, 3.63) is 15.6 Å². The van der Waals surface area contributed by atoms with E-state index in [0.29, 0.717) is 12.1 Å². The van der Waals surface area contributed by atoms with Crippen molar-refractivity contribution in [3.8, 4) is 0 Å². The van der Waals surface area contributed by atoms with E-state index in [4.69, 9.17) is 4.98 Å². The highest BCUT2D eigenvalue weighted by Crippen LogP contribution is 2.36. The predicted octanol–water partition coefficient (Wildman–Crippen LogP) is 4.83. The highest BCUT2D eigenvalue weighted by Gasteiger charge is 2.31. The molecule has 1 fully saturated rings. The van der Waals surface area contributed by atoms with E-state index in [2.05, 4.69) is 53.8 Å². The Labute approximate surface area is 128 Å². The topological polar surface area (TPSA) is 24.9 Å². The van der Waals surface area contributed by atoms with Crippen LogP contribution in [0.3, 0.4) is 0 Å². The van der Waals surface area contributed by atoms with Crippen molar-refractivity contribution >= 4 is 11.3 Å². The van der Waals surface area contributed by atoms with E-state index in [1.54, 1.807) is 0 Å². The number of nitrogens with one attached hydrogen (secondary N) is 1. The molecule has 0 spiro atoms. The number of hydrogen-bond donors (Lipinski definition) is 1. The van der Waals surface area contributed by atoms with Crippen molar-refractivity contribution in [2.45, 2.75) is 78.8 Å². The van der Waals surface area contributed by atoms with Gasteiger partial charge in [0.1, 0.15) is 0 Å². The smallest absolute Gasteiger partial charge is 0.0985 e. The Morgan fingerprint density at radius 2 is 1.90 bits per heavy atom. The maximum Gasteiger partial charge on any atom is 0.0985 e. The Kier molecular flexibility index (Phi) is 4.60. The number of nitrogens with zero attached hydrogens (tertiary/aromatic N) is 1. The van der Waals surface area contributed by atoms with E-state index in [1.807, 2.05) is 11.3 Å². The number of rotatable bonds is 3. The lowest BCUT2D eigenvalue weighted by Crippen LogP contribution is -2.34. The van der Waals surface area contributed by atoms with E-state index in [1.165, 1.54) is 28.4 Å². The van der Waals surface area contributed by atoms with Crippen LogP contribution in [0.1, 0.15) is 76.0 Å². The first-order chi connectivity index (χ1) is 9.20. The van der Waals surface area contributed by atoms with E-state index < -0.39 is 0 Å². The average molecular weight is 295 g/mol. The van der Waals surface area contributed by atoms with Gasteiger partial charge in [0.15, 0.2) is 0 Å². The summed E-state index contributed by atoms with van der Waals surface area (Å²) in [6.45, 7) is 16.0. The molecule has 1 aliphatic carbocycles. The minimum Gasteiger partial charge on any atom is -0.306 e. The second kappa shape index (κ2) is 5.76. The molecule has 3 heteroatoms. The Morgan fingerprint density at radius 3 is 2.35 bits per heavy atom.